The van der Waals surface area contributed by atoms with Crippen molar-refractivity contribution >= 4 is 23.6 Å². The van der Waals surface area contributed by atoms with Crippen LogP contribution < -0.4 is 5.11 Å². The zero-order chi connectivity index (χ0) is 13.4. The molecular formula is C13H11N2O3S-. The van der Waals surface area contributed by atoms with Crippen LogP contribution in [0.2, 0.25) is 0 Å². The van der Waals surface area contributed by atoms with Gasteiger partial charge in [0.25, 0.3) is 0 Å². The summed E-state index contributed by atoms with van der Waals surface area (Å²) >= 11 is 1.43. The van der Waals surface area contributed by atoms with E-state index in [0.717, 1.165) is 10.6 Å². The minimum Gasteiger partial charge on any atom is -0.543 e. The lowest BCUT2D eigenvalue weighted by atomic mass is 10.0. The lowest BCUT2D eigenvalue weighted by Crippen LogP contribution is -2.51. The van der Waals surface area contributed by atoms with Gasteiger partial charge < -0.3 is 14.8 Å². The molecule has 0 aromatic carbocycles. The van der Waals surface area contributed by atoms with E-state index in [4.69, 9.17) is 0 Å². The molecular weight excluding hydrogens is 264 g/mol. The number of carboxylic acids is 1. The van der Waals surface area contributed by atoms with Crippen molar-refractivity contribution in [3.05, 3.63) is 40.7 Å². The summed E-state index contributed by atoms with van der Waals surface area (Å²) in [5.74, 6) is -0.793. The molecule has 0 radical (unpaired) electrons. The molecule has 6 heteroatoms. The summed E-state index contributed by atoms with van der Waals surface area (Å²) in [7, 11) is 0. The average Bonchev–Trinajstić information content (AvgIpc) is 2.70. The van der Waals surface area contributed by atoms with Gasteiger partial charge in [-0.15, -0.1) is 11.8 Å². The highest BCUT2D eigenvalue weighted by atomic mass is 32.2. The van der Waals surface area contributed by atoms with Crippen LogP contribution in [0.1, 0.15) is 18.5 Å². The molecule has 0 N–H and O–H groups in total. The van der Waals surface area contributed by atoms with E-state index in [2.05, 4.69) is 4.98 Å². The quantitative estimate of drug-likeness (QED) is 0.738. The van der Waals surface area contributed by atoms with E-state index >= 15 is 0 Å². The molecule has 3 heterocycles. The second-order valence-corrected chi connectivity index (χ2v) is 5.56. The van der Waals surface area contributed by atoms with Crippen molar-refractivity contribution in [1.29, 1.82) is 0 Å². The zero-order valence-electron chi connectivity index (χ0n) is 10.0. The fraction of sp³-hybridized carbons (Fsp3) is 0.308. The standard InChI is InChI=1S/C13H12N2O3S/c16-11-6-9-5-10(12(13(17)18)15(9)11)19-7-8-3-1-2-4-14-8/h1-4,9H,5-7H2,(H,17,18)/p-1. The van der Waals surface area contributed by atoms with E-state index in [1.807, 2.05) is 18.2 Å². The van der Waals surface area contributed by atoms with Gasteiger partial charge in [-0.05, 0) is 12.1 Å². The van der Waals surface area contributed by atoms with E-state index in [0.29, 0.717) is 18.6 Å². The molecule has 2 aliphatic heterocycles. The lowest BCUT2D eigenvalue weighted by molar-refractivity contribution is -0.301. The molecule has 1 aromatic rings. The smallest absolute Gasteiger partial charge is 0.229 e. The molecule has 0 saturated carbocycles. The minimum absolute atomic E-state index is 0.0200. The number of carboxylic acid groups (broad SMARTS) is 1. The van der Waals surface area contributed by atoms with Crippen LogP contribution in [0.25, 0.3) is 0 Å². The van der Waals surface area contributed by atoms with Crippen molar-refractivity contribution in [2.75, 3.05) is 0 Å². The van der Waals surface area contributed by atoms with Crippen LogP contribution in [-0.4, -0.2) is 27.8 Å². The number of amides is 1. The Labute approximate surface area is 114 Å². The van der Waals surface area contributed by atoms with E-state index in [-0.39, 0.29) is 17.6 Å². The van der Waals surface area contributed by atoms with Crippen LogP contribution in [0.4, 0.5) is 0 Å². The summed E-state index contributed by atoms with van der Waals surface area (Å²) < 4.78 is 0. The fourth-order valence-corrected chi connectivity index (χ4v) is 3.50. The van der Waals surface area contributed by atoms with Crippen LogP contribution in [0.5, 0.6) is 0 Å². The van der Waals surface area contributed by atoms with Crippen molar-refractivity contribution in [2.45, 2.75) is 24.6 Å². The molecule has 1 unspecified atom stereocenters. The maximum Gasteiger partial charge on any atom is 0.229 e. The van der Waals surface area contributed by atoms with Crippen LogP contribution in [0, 0.1) is 0 Å². The summed E-state index contributed by atoms with van der Waals surface area (Å²) in [6.07, 6.45) is 2.76. The van der Waals surface area contributed by atoms with Gasteiger partial charge in [0.15, 0.2) is 0 Å². The summed E-state index contributed by atoms with van der Waals surface area (Å²) in [6.45, 7) is 0. The van der Waals surface area contributed by atoms with Gasteiger partial charge in [0.1, 0.15) is 0 Å². The Morgan fingerprint density at radius 1 is 1.47 bits per heavy atom. The van der Waals surface area contributed by atoms with Crippen LogP contribution in [0.3, 0.4) is 0 Å². The number of aromatic nitrogens is 1. The molecule has 1 saturated heterocycles. The third-order valence-electron chi connectivity index (χ3n) is 3.28. The molecule has 1 atom stereocenters. The van der Waals surface area contributed by atoms with Gasteiger partial charge in [-0.3, -0.25) is 9.78 Å². The highest BCUT2D eigenvalue weighted by Crippen LogP contribution is 2.43. The molecule has 5 nitrogen and oxygen atoms in total. The number of hydrogen-bond donors (Lipinski definition) is 0. The van der Waals surface area contributed by atoms with Gasteiger partial charge in [-0.1, -0.05) is 6.07 Å². The van der Waals surface area contributed by atoms with Crippen molar-refractivity contribution in [3.63, 3.8) is 0 Å². The first-order chi connectivity index (χ1) is 9.16. The van der Waals surface area contributed by atoms with Crippen molar-refractivity contribution in [1.82, 2.24) is 9.88 Å². The topological polar surface area (TPSA) is 73.3 Å². The van der Waals surface area contributed by atoms with Gasteiger partial charge in [0, 0.05) is 29.7 Å². The van der Waals surface area contributed by atoms with E-state index in [1.54, 1.807) is 6.20 Å². The summed E-state index contributed by atoms with van der Waals surface area (Å²) in [5.41, 5.74) is 0.945. The molecule has 0 spiro atoms. The van der Waals surface area contributed by atoms with Crippen LogP contribution in [0.15, 0.2) is 35.0 Å². The van der Waals surface area contributed by atoms with Crippen molar-refractivity contribution in [3.8, 4) is 0 Å². The van der Waals surface area contributed by atoms with E-state index in [9.17, 15) is 14.7 Å². The average molecular weight is 275 g/mol. The Kier molecular flexibility index (Phi) is 3.02. The first-order valence-electron chi connectivity index (χ1n) is 5.96. The molecule has 98 valence electrons. The van der Waals surface area contributed by atoms with Crippen LogP contribution >= 0.6 is 11.8 Å². The first-order valence-corrected chi connectivity index (χ1v) is 6.94. The van der Waals surface area contributed by atoms with Gasteiger partial charge in [0.2, 0.25) is 5.91 Å². The maximum atomic E-state index is 11.4. The third-order valence-corrected chi connectivity index (χ3v) is 4.43. The molecule has 2 aliphatic rings. The summed E-state index contributed by atoms with van der Waals surface area (Å²) in [5, 5.41) is 11.2. The molecule has 19 heavy (non-hydrogen) atoms. The number of aliphatic carboxylic acids is 1. The molecule has 1 fully saturated rings. The normalized spacial score (nSPS) is 21.4. The molecule has 3 rings (SSSR count). The Hall–Kier alpha value is -1.82. The Bertz CT molecular complexity index is 571. The number of hydrogen-bond acceptors (Lipinski definition) is 5. The fourth-order valence-electron chi connectivity index (χ4n) is 2.38. The maximum absolute atomic E-state index is 11.4. The largest absolute Gasteiger partial charge is 0.543 e. The third kappa shape index (κ3) is 2.12. The number of β-lactam (4-membered cyclic amide) rings is 1. The zero-order valence-corrected chi connectivity index (χ0v) is 10.9. The van der Waals surface area contributed by atoms with Crippen molar-refractivity contribution in [2.24, 2.45) is 0 Å². The Morgan fingerprint density at radius 2 is 2.32 bits per heavy atom. The number of carbonyl (C=O) groups is 2. The van der Waals surface area contributed by atoms with Crippen molar-refractivity contribution < 1.29 is 14.7 Å². The highest BCUT2D eigenvalue weighted by Gasteiger charge is 2.45. The van der Waals surface area contributed by atoms with E-state index < -0.39 is 5.97 Å². The van der Waals surface area contributed by atoms with Crippen LogP contribution in [-0.2, 0) is 15.3 Å². The van der Waals surface area contributed by atoms with Gasteiger partial charge in [-0.25, -0.2) is 0 Å². The second kappa shape index (κ2) is 4.70. The number of fused-ring (bicyclic) bond motifs is 1. The first kappa shape index (κ1) is 12.2. The predicted molar refractivity (Wildman–Crippen MR) is 67.4 cm³/mol. The molecule has 0 bridgehead atoms. The van der Waals surface area contributed by atoms with E-state index in [1.165, 1.54) is 16.7 Å². The minimum atomic E-state index is -1.26. The molecule has 1 aromatic heterocycles. The number of carbonyl (C=O) groups excluding carboxylic acids is 2. The van der Waals surface area contributed by atoms with Gasteiger partial charge in [-0.2, -0.15) is 0 Å². The molecule has 1 amide bonds. The number of nitrogens with zero attached hydrogens (tertiary/aromatic N) is 2. The molecule has 0 aliphatic carbocycles. The van der Waals surface area contributed by atoms with Gasteiger partial charge >= 0.3 is 0 Å². The highest BCUT2D eigenvalue weighted by molar-refractivity contribution is 8.02. The second-order valence-electron chi connectivity index (χ2n) is 4.49. The monoisotopic (exact) mass is 275 g/mol. The summed E-state index contributed by atoms with van der Waals surface area (Å²) in [4.78, 5) is 28.9. The summed E-state index contributed by atoms with van der Waals surface area (Å²) in [6, 6.07) is 5.63. The number of rotatable bonds is 4. The Balaban J connectivity index is 1.77. The lowest BCUT2D eigenvalue weighted by Gasteiger charge is -2.36. The number of pyridine rings is 1. The Morgan fingerprint density at radius 3 is 2.95 bits per heavy atom. The van der Waals surface area contributed by atoms with Gasteiger partial charge in [0.05, 0.1) is 23.4 Å². The number of thioether (sulfide) groups is 1. The predicted octanol–water partition coefficient (Wildman–Crippen LogP) is 0.281. The SMILES string of the molecule is O=C([O-])C1=C(SCc2ccccn2)CC2CC(=O)N12.